The van der Waals surface area contributed by atoms with Gasteiger partial charge in [0, 0.05) is 30.0 Å². The summed E-state index contributed by atoms with van der Waals surface area (Å²) in [6, 6.07) is 9.55. The highest BCUT2D eigenvalue weighted by molar-refractivity contribution is 7.14. The fourth-order valence-corrected chi connectivity index (χ4v) is 3.31. The fraction of sp³-hybridized carbons (Fsp3) is 0.176. The summed E-state index contributed by atoms with van der Waals surface area (Å²) in [5, 5.41) is 3.78. The van der Waals surface area contributed by atoms with Crippen molar-refractivity contribution in [2.24, 2.45) is 0 Å². The molecule has 0 fully saturated rings. The standard InChI is InChI=1S/C17H15N3O3S/c21-16(8-13-10-19-17(24-13)20-5-1-2-6-20)18-9-12-3-4-14-15(7-12)23-11-22-14/h1-7,10H,8-9,11H2,(H,18,21). The van der Waals surface area contributed by atoms with E-state index in [-0.39, 0.29) is 12.7 Å². The summed E-state index contributed by atoms with van der Waals surface area (Å²) in [6.45, 7) is 0.707. The first-order chi connectivity index (χ1) is 11.8. The maximum atomic E-state index is 12.1. The highest BCUT2D eigenvalue weighted by Crippen LogP contribution is 2.32. The highest BCUT2D eigenvalue weighted by Gasteiger charge is 2.14. The topological polar surface area (TPSA) is 65.4 Å². The van der Waals surface area contributed by atoms with Gasteiger partial charge in [-0.05, 0) is 29.8 Å². The number of rotatable bonds is 5. The third-order valence-corrected chi connectivity index (χ3v) is 4.64. The second-order valence-electron chi connectivity index (χ2n) is 5.34. The highest BCUT2D eigenvalue weighted by atomic mass is 32.1. The maximum absolute atomic E-state index is 12.1. The van der Waals surface area contributed by atoms with Crippen LogP contribution in [0.2, 0.25) is 0 Å². The van der Waals surface area contributed by atoms with E-state index in [1.54, 1.807) is 6.20 Å². The molecule has 0 unspecified atom stereocenters. The van der Waals surface area contributed by atoms with Crippen LogP contribution in [-0.2, 0) is 17.8 Å². The molecule has 1 aliphatic heterocycles. The van der Waals surface area contributed by atoms with Gasteiger partial charge < -0.3 is 19.4 Å². The first kappa shape index (κ1) is 14.8. The van der Waals surface area contributed by atoms with Crippen molar-refractivity contribution in [3.05, 3.63) is 59.4 Å². The molecule has 0 aliphatic carbocycles. The van der Waals surface area contributed by atoms with Gasteiger partial charge in [-0.15, -0.1) is 11.3 Å². The molecule has 7 heteroatoms. The summed E-state index contributed by atoms with van der Waals surface area (Å²) >= 11 is 1.51. The van der Waals surface area contributed by atoms with Crippen molar-refractivity contribution in [3.8, 4) is 16.6 Å². The van der Waals surface area contributed by atoms with Gasteiger partial charge in [0.05, 0.1) is 6.42 Å². The average molecular weight is 341 g/mol. The van der Waals surface area contributed by atoms with Gasteiger partial charge in [0.25, 0.3) is 0 Å². The number of carbonyl (C=O) groups excluding carboxylic acids is 1. The van der Waals surface area contributed by atoms with Gasteiger partial charge in [-0.2, -0.15) is 0 Å². The van der Waals surface area contributed by atoms with E-state index in [0.29, 0.717) is 13.0 Å². The Balaban J connectivity index is 1.34. The number of nitrogens with zero attached hydrogens (tertiary/aromatic N) is 2. The molecule has 0 radical (unpaired) electrons. The minimum absolute atomic E-state index is 0.0321. The van der Waals surface area contributed by atoms with E-state index >= 15 is 0 Å². The fourth-order valence-electron chi connectivity index (χ4n) is 2.43. The predicted molar refractivity (Wildman–Crippen MR) is 89.6 cm³/mol. The molecular weight excluding hydrogens is 326 g/mol. The molecule has 0 atom stereocenters. The molecule has 4 rings (SSSR count). The number of hydrogen-bond acceptors (Lipinski definition) is 5. The molecule has 0 saturated carbocycles. The molecule has 1 N–H and O–H groups in total. The van der Waals surface area contributed by atoms with Crippen LogP contribution in [0.15, 0.2) is 48.9 Å². The van der Waals surface area contributed by atoms with Crippen molar-refractivity contribution in [2.45, 2.75) is 13.0 Å². The number of thiazole rings is 1. The van der Waals surface area contributed by atoms with Crippen molar-refractivity contribution < 1.29 is 14.3 Å². The molecular formula is C17H15N3O3S. The largest absolute Gasteiger partial charge is 0.454 e. The number of aromatic nitrogens is 2. The van der Waals surface area contributed by atoms with Crippen LogP contribution in [0.3, 0.4) is 0 Å². The van der Waals surface area contributed by atoms with Crippen LogP contribution < -0.4 is 14.8 Å². The normalized spacial score (nSPS) is 12.3. The Labute approximate surface area is 142 Å². The average Bonchev–Trinajstić information content (AvgIpc) is 3.32. The van der Waals surface area contributed by atoms with E-state index in [4.69, 9.17) is 9.47 Å². The molecule has 1 aromatic carbocycles. The molecule has 24 heavy (non-hydrogen) atoms. The zero-order valence-electron chi connectivity index (χ0n) is 12.8. The quantitative estimate of drug-likeness (QED) is 0.774. The molecule has 3 heterocycles. The Bertz CT molecular complexity index is 858. The molecule has 0 bridgehead atoms. The monoisotopic (exact) mass is 341 g/mol. The lowest BCUT2D eigenvalue weighted by Crippen LogP contribution is -2.24. The summed E-state index contributed by atoms with van der Waals surface area (Å²) in [5.74, 6) is 1.43. The Morgan fingerprint density at radius 2 is 2.08 bits per heavy atom. The molecule has 3 aromatic rings. The van der Waals surface area contributed by atoms with Gasteiger partial charge in [0.15, 0.2) is 16.6 Å². The molecule has 0 saturated heterocycles. The van der Waals surface area contributed by atoms with Crippen LogP contribution in [0.4, 0.5) is 0 Å². The van der Waals surface area contributed by atoms with Gasteiger partial charge in [-0.1, -0.05) is 6.07 Å². The third kappa shape index (κ3) is 3.11. The SMILES string of the molecule is O=C(Cc1cnc(-n2cccc2)s1)NCc1ccc2c(c1)OCO2. The number of fused-ring (bicyclic) bond motifs is 1. The summed E-state index contributed by atoms with van der Waals surface area (Å²) in [5.41, 5.74) is 0.977. The molecule has 0 spiro atoms. The summed E-state index contributed by atoms with van der Waals surface area (Å²) in [7, 11) is 0. The third-order valence-electron chi connectivity index (χ3n) is 3.63. The lowest BCUT2D eigenvalue weighted by molar-refractivity contribution is -0.120. The molecule has 6 nitrogen and oxygen atoms in total. The Morgan fingerprint density at radius 1 is 1.25 bits per heavy atom. The maximum Gasteiger partial charge on any atom is 0.231 e. The van der Waals surface area contributed by atoms with E-state index in [2.05, 4.69) is 10.3 Å². The van der Waals surface area contributed by atoms with Crippen molar-refractivity contribution in [1.82, 2.24) is 14.9 Å². The van der Waals surface area contributed by atoms with Crippen molar-refractivity contribution >= 4 is 17.2 Å². The Hall–Kier alpha value is -2.80. The van der Waals surface area contributed by atoms with Crippen molar-refractivity contribution in [2.75, 3.05) is 6.79 Å². The Kier molecular flexibility index (Phi) is 3.92. The number of hydrogen-bond donors (Lipinski definition) is 1. The minimum atomic E-state index is -0.0321. The van der Waals surface area contributed by atoms with Gasteiger partial charge in [-0.3, -0.25) is 4.79 Å². The second kappa shape index (κ2) is 6.37. The smallest absolute Gasteiger partial charge is 0.231 e. The minimum Gasteiger partial charge on any atom is -0.454 e. The number of nitrogens with one attached hydrogen (secondary N) is 1. The molecule has 1 amide bonds. The van der Waals surface area contributed by atoms with Crippen LogP contribution in [0.25, 0.3) is 5.13 Å². The first-order valence-corrected chi connectivity index (χ1v) is 8.33. The molecule has 2 aromatic heterocycles. The summed E-state index contributed by atoms with van der Waals surface area (Å²) in [6.07, 6.45) is 5.94. The lowest BCUT2D eigenvalue weighted by Gasteiger charge is -2.05. The lowest BCUT2D eigenvalue weighted by atomic mass is 10.2. The van der Waals surface area contributed by atoms with E-state index < -0.39 is 0 Å². The van der Waals surface area contributed by atoms with Gasteiger partial charge in [0.2, 0.25) is 12.7 Å². The van der Waals surface area contributed by atoms with Crippen LogP contribution in [0.5, 0.6) is 11.5 Å². The van der Waals surface area contributed by atoms with Gasteiger partial charge in [-0.25, -0.2) is 4.98 Å². The van der Waals surface area contributed by atoms with E-state index in [1.807, 2.05) is 47.3 Å². The van der Waals surface area contributed by atoms with Crippen molar-refractivity contribution in [1.29, 1.82) is 0 Å². The van der Waals surface area contributed by atoms with E-state index in [0.717, 1.165) is 27.1 Å². The number of carbonyl (C=O) groups is 1. The van der Waals surface area contributed by atoms with Crippen LogP contribution in [-0.4, -0.2) is 22.3 Å². The number of ether oxygens (including phenoxy) is 2. The zero-order valence-corrected chi connectivity index (χ0v) is 13.6. The van der Waals surface area contributed by atoms with E-state index in [1.165, 1.54) is 11.3 Å². The van der Waals surface area contributed by atoms with Crippen LogP contribution in [0, 0.1) is 0 Å². The molecule has 1 aliphatic rings. The van der Waals surface area contributed by atoms with E-state index in [9.17, 15) is 4.79 Å². The summed E-state index contributed by atoms with van der Waals surface area (Å²) < 4.78 is 12.5. The van der Waals surface area contributed by atoms with Crippen LogP contribution in [0.1, 0.15) is 10.4 Å². The van der Waals surface area contributed by atoms with Crippen LogP contribution >= 0.6 is 11.3 Å². The molecule has 122 valence electrons. The number of benzene rings is 1. The van der Waals surface area contributed by atoms with Gasteiger partial charge in [0.1, 0.15) is 0 Å². The summed E-state index contributed by atoms with van der Waals surface area (Å²) in [4.78, 5) is 17.4. The first-order valence-electron chi connectivity index (χ1n) is 7.51. The van der Waals surface area contributed by atoms with Crippen molar-refractivity contribution in [3.63, 3.8) is 0 Å². The second-order valence-corrected chi connectivity index (χ2v) is 6.43. The Morgan fingerprint density at radius 3 is 2.96 bits per heavy atom. The zero-order chi connectivity index (χ0) is 16.4. The predicted octanol–water partition coefficient (Wildman–Crippen LogP) is 2.52. The number of amides is 1. The van der Waals surface area contributed by atoms with Gasteiger partial charge >= 0.3 is 0 Å².